The Morgan fingerprint density at radius 2 is 1.95 bits per heavy atom. The molecule has 1 N–H and O–H groups in total. The molecule has 0 fully saturated rings. The molecule has 1 unspecified atom stereocenters. The van der Waals surface area contributed by atoms with Gasteiger partial charge in [-0.2, -0.15) is 0 Å². The van der Waals surface area contributed by atoms with E-state index in [1.54, 1.807) is 6.07 Å². The molecule has 0 saturated heterocycles. The van der Waals surface area contributed by atoms with E-state index in [4.69, 9.17) is 4.74 Å². The number of hydrogen-bond acceptors (Lipinski definition) is 2. The molecule has 20 heavy (non-hydrogen) atoms. The summed E-state index contributed by atoms with van der Waals surface area (Å²) in [6, 6.07) is 12.5. The highest BCUT2D eigenvalue weighted by atomic mass is 79.9. The molecule has 0 aliphatic rings. The van der Waals surface area contributed by atoms with Crippen LogP contribution in [0.3, 0.4) is 0 Å². The van der Waals surface area contributed by atoms with Crippen LogP contribution in [0.2, 0.25) is 0 Å². The molecule has 4 heteroatoms. The summed E-state index contributed by atoms with van der Waals surface area (Å²) in [6.07, 6.45) is 0. The van der Waals surface area contributed by atoms with Crippen LogP contribution >= 0.6 is 15.9 Å². The third kappa shape index (κ3) is 3.19. The second-order valence-corrected chi connectivity index (χ2v) is 5.21. The van der Waals surface area contributed by atoms with E-state index in [0.29, 0.717) is 6.61 Å². The molecule has 1 atom stereocenters. The van der Waals surface area contributed by atoms with Crippen molar-refractivity contribution in [2.24, 2.45) is 0 Å². The van der Waals surface area contributed by atoms with Gasteiger partial charge in [-0.05, 0) is 37.7 Å². The lowest BCUT2D eigenvalue weighted by Gasteiger charge is -2.21. The number of halogens is 2. The van der Waals surface area contributed by atoms with Gasteiger partial charge in [-0.25, -0.2) is 4.39 Å². The molecule has 2 aromatic rings. The lowest BCUT2D eigenvalue weighted by molar-refractivity contribution is 0.334. The summed E-state index contributed by atoms with van der Waals surface area (Å²) in [6.45, 7) is 2.57. The second-order valence-electron chi connectivity index (χ2n) is 4.36. The monoisotopic (exact) mass is 337 g/mol. The SMILES string of the molecule is CCOc1ccccc1C(NC)c1ccc(F)cc1Br. The molecule has 0 aliphatic carbocycles. The van der Waals surface area contributed by atoms with Crippen molar-refractivity contribution in [3.63, 3.8) is 0 Å². The molecular weight excluding hydrogens is 321 g/mol. The van der Waals surface area contributed by atoms with Crippen LogP contribution in [0.1, 0.15) is 24.1 Å². The highest BCUT2D eigenvalue weighted by Gasteiger charge is 2.18. The van der Waals surface area contributed by atoms with Crippen LogP contribution in [-0.4, -0.2) is 13.7 Å². The number of rotatable bonds is 5. The van der Waals surface area contributed by atoms with Gasteiger partial charge in [0.1, 0.15) is 11.6 Å². The van der Waals surface area contributed by atoms with Crippen molar-refractivity contribution in [1.29, 1.82) is 0 Å². The van der Waals surface area contributed by atoms with Crippen LogP contribution < -0.4 is 10.1 Å². The quantitative estimate of drug-likeness (QED) is 0.878. The first-order valence-corrected chi connectivity index (χ1v) is 7.30. The van der Waals surface area contributed by atoms with Crippen molar-refractivity contribution in [3.8, 4) is 5.75 Å². The molecule has 0 spiro atoms. The van der Waals surface area contributed by atoms with Gasteiger partial charge in [0.15, 0.2) is 0 Å². The summed E-state index contributed by atoms with van der Waals surface area (Å²) >= 11 is 3.43. The smallest absolute Gasteiger partial charge is 0.124 e. The first-order valence-electron chi connectivity index (χ1n) is 6.51. The molecule has 0 radical (unpaired) electrons. The maximum Gasteiger partial charge on any atom is 0.124 e. The minimum absolute atomic E-state index is 0.0623. The Bertz CT molecular complexity index is 588. The highest BCUT2D eigenvalue weighted by molar-refractivity contribution is 9.10. The van der Waals surface area contributed by atoms with Gasteiger partial charge in [0.05, 0.1) is 12.6 Å². The summed E-state index contributed by atoms with van der Waals surface area (Å²) in [5.41, 5.74) is 2.00. The minimum atomic E-state index is -0.256. The molecule has 106 valence electrons. The van der Waals surface area contributed by atoms with Gasteiger partial charge in [0.2, 0.25) is 0 Å². The fraction of sp³-hybridized carbons (Fsp3) is 0.250. The third-order valence-corrected chi connectivity index (χ3v) is 3.78. The zero-order valence-electron chi connectivity index (χ0n) is 11.5. The number of benzene rings is 2. The predicted molar refractivity (Wildman–Crippen MR) is 82.6 cm³/mol. The fourth-order valence-corrected chi connectivity index (χ4v) is 2.80. The molecule has 0 aliphatic heterocycles. The number of nitrogens with one attached hydrogen (secondary N) is 1. The lowest BCUT2D eigenvalue weighted by Crippen LogP contribution is -2.19. The van der Waals surface area contributed by atoms with Gasteiger partial charge < -0.3 is 10.1 Å². The van der Waals surface area contributed by atoms with Crippen LogP contribution in [0.4, 0.5) is 4.39 Å². The van der Waals surface area contributed by atoms with Crippen LogP contribution in [0.5, 0.6) is 5.75 Å². The average Bonchev–Trinajstić information content (AvgIpc) is 2.44. The normalized spacial score (nSPS) is 12.2. The summed E-state index contributed by atoms with van der Waals surface area (Å²) in [7, 11) is 1.88. The predicted octanol–water partition coefficient (Wildman–Crippen LogP) is 4.30. The topological polar surface area (TPSA) is 21.3 Å². The van der Waals surface area contributed by atoms with Gasteiger partial charge in [-0.15, -0.1) is 0 Å². The van der Waals surface area contributed by atoms with Crippen molar-refractivity contribution in [1.82, 2.24) is 5.32 Å². The maximum absolute atomic E-state index is 13.2. The lowest BCUT2D eigenvalue weighted by atomic mass is 9.98. The molecule has 0 bridgehead atoms. The Morgan fingerprint density at radius 1 is 1.20 bits per heavy atom. The Labute approximate surface area is 127 Å². The number of ether oxygens (including phenoxy) is 1. The van der Waals surface area contributed by atoms with Crippen molar-refractivity contribution in [2.45, 2.75) is 13.0 Å². The van der Waals surface area contributed by atoms with Gasteiger partial charge >= 0.3 is 0 Å². The van der Waals surface area contributed by atoms with E-state index in [1.807, 2.05) is 38.2 Å². The standard InChI is InChI=1S/C16H17BrFNO/c1-3-20-15-7-5-4-6-13(15)16(19-2)12-9-8-11(18)10-14(12)17/h4-10,16,19H,3H2,1-2H3. The van der Waals surface area contributed by atoms with Crippen molar-refractivity contribution in [2.75, 3.05) is 13.7 Å². The van der Waals surface area contributed by atoms with Gasteiger partial charge in [0.25, 0.3) is 0 Å². The molecule has 0 heterocycles. The molecular formula is C16H17BrFNO. The van der Waals surface area contributed by atoms with E-state index in [1.165, 1.54) is 12.1 Å². The fourth-order valence-electron chi connectivity index (χ4n) is 2.22. The number of para-hydroxylation sites is 1. The van der Waals surface area contributed by atoms with E-state index in [2.05, 4.69) is 21.2 Å². The van der Waals surface area contributed by atoms with Crippen LogP contribution in [0.25, 0.3) is 0 Å². The van der Waals surface area contributed by atoms with E-state index in [0.717, 1.165) is 21.3 Å². The first kappa shape index (κ1) is 15.0. The highest BCUT2D eigenvalue weighted by Crippen LogP contribution is 2.33. The Morgan fingerprint density at radius 3 is 2.60 bits per heavy atom. The zero-order chi connectivity index (χ0) is 14.5. The summed E-state index contributed by atoms with van der Waals surface area (Å²) in [5, 5.41) is 3.26. The zero-order valence-corrected chi connectivity index (χ0v) is 13.1. The summed E-state index contributed by atoms with van der Waals surface area (Å²) < 4.78 is 19.7. The van der Waals surface area contributed by atoms with Gasteiger partial charge in [-0.1, -0.05) is 40.2 Å². The Balaban J connectivity index is 2.47. The van der Waals surface area contributed by atoms with E-state index in [-0.39, 0.29) is 11.9 Å². The molecule has 0 aromatic heterocycles. The van der Waals surface area contributed by atoms with Crippen molar-refractivity contribution < 1.29 is 9.13 Å². The van der Waals surface area contributed by atoms with Gasteiger partial charge in [0, 0.05) is 10.0 Å². The summed E-state index contributed by atoms with van der Waals surface area (Å²) in [5.74, 6) is 0.583. The molecule has 2 nitrogen and oxygen atoms in total. The van der Waals surface area contributed by atoms with Crippen LogP contribution in [-0.2, 0) is 0 Å². The summed E-state index contributed by atoms with van der Waals surface area (Å²) in [4.78, 5) is 0. The van der Waals surface area contributed by atoms with Crippen molar-refractivity contribution >= 4 is 15.9 Å². The van der Waals surface area contributed by atoms with Gasteiger partial charge in [-0.3, -0.25) is 0 Å². The molecule has 0 amide bonds. The molecule has 2 aromatic carbocycles. The maximum atomic E-state index is 13.2. The Kier molecular flexibility index (Phi) is 5.15. The minimum Gasteiger partial charge on any atom is -0.494 e. The Hall–Kier alpha value is -1.39. The third-order valence-electron chi connectivity index (χ3n) is 3.09. The van der Waals surface area contributed by atoms with Crippen LogP contribution in [0, 0.1) is 5.82 Å². The largest absolute Gasteiger partial charge is 0.494 e. The van der Waals surface area contributed by atoms with E-state index >= 15 is 0 Å². The first-order chi connectivity index (χ1) is 9.67. The molecule has 0 saturated carbocycles. The number of hydrogen-bond donors (Lipinski definition) is 1. The second kappa shape index (κ2) is 6.86. The van der Waals surface area contributed by atoms with E-state index in [9.17, 15) is 4.39 Å². The van der Waals surface area contributed by atoms with Crippen LogP contribution in [0.15, 0.2) is 46.9 Å². The molecule has 2 rings (SSSR count). The van der Waals surface area contributed by atoms with E-state index < -0.39 is 0 Å². The average molecular weight is 338 g/mol. The van der Waals surface area contributed by atoms with Crippen molar-refractivity contribution in [3.05, 3.63) is 63.9 Å².